The fraction of sp³-hybridized carbons (Fsp3) is 0.316. The van der Waals surface area contributed by atoms with Gasteiger partial charge < -0.3 is 19.5 Å². The zero-order chi connectivity index (χ0) is 20.0. The van der Waals surface area contributed by atoms with Crippen molar-refractivity contribution >= 4 is 21.6 Å². The molecule has 150 valence electrons. The largest absolute Gasteiger partial charge is 0.454 e. The number of carbonyl (C=O) groups excluding carboxylic acids is 1. The number of carbonyl (C=O) groups is 1. The van der Waals surface area contributed by atoms with Crippen molar-refractivity contribution in [1.82, 2.24) is 5.32 Å². The van der Waals surface area contributed by atoms with Crippen molar-refractivity contribution in [3.05, 3.63) is 54.1 Å². The normalized spacial score (nSPS) is 12.6. The van der Waals surface area contributed by atoms with Gasteiger partial charge in [0.15, 0.2) is 11.5 Å². The summed E-state index contributed by atoms with van der Waals surface area (Å²) >= 11 is 0. The summed E-state index contributed by atoms with van der Waals surface area (Å²) in [6, 6.07) is 14.4. The number of fused-ring (bicyclic) bond motifs is 1. The van der Waals surface area contributed by atoms with Crippen molar-refractivity contribution in [3.8, 4) is 11.5 Å². The summed E-state index contributed by atoms with van der Waals surface area (Å²) in [6.45, 7) is 0.801. The quantitative estimate of drug-likeness (QED) is 0.635. The topological polar surface area (TPSA) is 94.2 Å². The Balaban J connectivity index is 1.51. The SMILES string of the molecule is CS(=O)(=O)N(CC(=O)NCCOCc1ccccc1)c1ccc2c(c1)OCO2. The predicted octanol–water partition coefficient (Wildman–Crippen LogP) is 1.51. The van der Waals surface area contributed by atoms with Crippen LogP contribution in [-0.4, -0.2) is 47.1 Å². The molecule has 0 spiro atoms. The van der Waals surface area contributed by atoms with E-state index in [1.807, 2.05) is 30.3 Å². The number of nitrogens with one attached hydrogen (secondary N) is 1. The maximum absolute atomic E-state index is 12.2. The van der Waals surface area contributed by atoms with Crippen molar-refractivity contribution in [2.24, 2.45) is 0 Å². The van der Waals surface area contributed by atoms with E-state index in [0.717, 1.165) is 16.1 Å². The third kappa shape index (κ3) is 5.37. The van der Waals surface area contributed by atoms with Crippen molar-refractivity contribution < 1.29 is 27.4 Å². The average Bonchev–Trinajstić information content (AvgIpc) is 3.13. The van der Waals surface area contributed by atoms with E-state index < -0.39 is 15.9 Å². The van der Waals surface area contributed by atoms with Gasteiger partial charge in [-0.25, -0.2) is 8.42 Å². The van der Waals surface area contributed by atoms with Gasteiger partial charge in [-0.1, -0.05) is 30.3 Å². The van der Waals surface area contributed by atoms with Gasteiger partial charge in [-0.15, -0.1) is 0 Å². The average molecular weight is 406 g/mol. The summed E-state index contributed by atoms with van der Waals surface area (Å²) in [4.78, 5) is 12.2. The highest BCUT2D eigenvalue weighted by molar-refractivity contribution is 7.92. The van der Waals surface area contributed by atoms with Crippen molar-refractivity contribution in [2.45, 2.75) is 6.61 Å². The smallest absolute Gasteiger partial charge is 0.240 e. The van der Waals surface area contributed by atoms with Gasteiger partial charge in [-0.2, -0.15) is 0 Å². The van der Waals surface area contributed by atoms with Crippen LogP contribution in [0.5, 0.6) is 11.5 Å². The molecular weight excluding hydrogens is 384 g/mol. The Morgan fingerprint density at radius 2 is 1.89 bits per heavy atom. The molecule has 28 heavy (non-hydrogen) atoms. The fourth-order valence-corrected chi connectivity index (χ4v) is 3.50. The molecule has 0 unspecified atom stereocenters. The van der Waals surface area contributed by atoms with E-state index in [9.17, 15) is 13.2 Å². The molecule has 1 aliphatic rings. The molecule has 1 N–H and O–H groups in total. The monoisotopic (exact) mass is 406 g/mol. The molecule has 0 atom stereocenters. The summed E-state index contributed by atoms with van der Waals surface area (Å²) < 4.78 is 41.3. The van der Waals surface area contributed by atoms with E-state index in [1.54, 1.807) is 18.2 Å². The molecule has 2 aromatic carbocycles. The first-order chi connectivity index (χ1) is 13.4. The number of amides is 1. The molecule has 0 bridgehead atoms. The summed E-state index contributed by atoms with van der Waals surface area (Å²) in [7, 11) is -3.66. The lowest BCUT2D eigenvalue weighted by Gasteiger charge is -2.22. The molecule has 0 aromatic heterocycles. The van der Waals surface area contributed by atoms with Gasteiger partial charge in [0.05, 0.1) is 25.2 Å². The third-order valence-electron chi connectivity index (χ3n) is 4.01. The van der Waals surface area contributed by atoms with Crippen LogP contribution in [0, 0.1) is 0 Å². The maximum atomic E-state index is 12.2. The molecule has 1 aliphatic heterocycles. The highest BCUT2D eigenvalue weighted by Gasteiger charge is 2.23. The zero-order valence-electron chi connectivity index (χ0n) is 15.5. The number of benzene rings is 2. The van der Waals surface area contributed by atoms with Gasteiger partial charge in [0.25, 0.3) is 0 Å². The molecule has 1 amide bonds. The molecule has 8 nitrogen and oxygen atoms in total. The van der Waals surface area contributed by atoms with E-state index in [2.05, 4.69) is 5.32 Å². The first-order valence-corrected chi connectivity index (χ1v) is 10.5. The highest BCUT2D eigenvalue weighted by Crippen LogP contribution is 2.35. The number of hydrogen-bond acceptors (Lipinski definition) is 6. The van der Waals surface area contributed by atoms with Crippen molar-refractivity contribution in [2.75, 3.05) is 37.1 Å². The van der Waals surface area contributed by atoms with Gasteiger partial charge in [0.1, 0.15) is 6.54 Å². The van der Waals surface area contributed by atoms with Crippen molar-refractivity contribution in [1.29, 1.82) is 0 Å². The van der Waals surface area contributed by atoms with E-state index in [1.165, 1.54) is 0 Å². The lowest BCUT2D eigenvalue weighted by atomic mass is 10.2. The number of hydrogen-bond donors (Lipinski definition) is 1. The number of rotatable bonds is 9. The van der Waals surface area contributed by atoms with Crippen LogP contribution < -0.4 is 19.1 Å². The van der Waals surface area contributed by atoms with E-state index in [-0.39, 0.29) is 19.9 Å². The Bertz CT molecular complexity index is 917. The van der Waals surface area contributed by atoms with Crippen LogP contribution in [0.3, 0.4) is 0 Å². The van der Waals surface area contributed by atoms with Crippen LogP contribution in [0.2, 0.25) is 0 Å². The summed E-state index contributed by atoms with van der Waals surface area (Å²) in [5, 5.41) is 2.67. The van der Waals surface area contributed by atoms with Gasteiger partial charge in [0.2, 0.25) is 22.7 Å². The molecule has 3 rings (SSSR count). The van der Waals surface area contributed by atoms with Gasteiger partial charge in [-0.05, 0) is 17.7 Å². The minimum absolute atomic E-state index is 0.0845. The lowest BCUT2D eigenvalue weighted by molar-refractivity contribution is -0.119. The summed E-state index contributed by atoms with van der Waals surface area (Å²) in [6.07, 6.45) is 1.05. The Labute approximate surface area is 164 Å². The molecular formula is C19H22N2O6S. The Morgan fingerprint density at radius 1 is 1.14 bits per heavy atom. The van der Waals surface area contributed by atoms with E-state index in [4.69, 9.17) is 14.2 Å². The number of nitrogens with zero attached hydrogens (tertiary/aromatic N) is 1. The first-order valence-electron chi connectivity index (χ1n) is 8.69. The summed E-state index contributed by atoms with van der Waals surface area (Å²) in [5.41, 5.74) is 1.38. The van der Waals surface area contributed by atoms with Crippen molar-refractivity contribution in [3.63, 3.8) is 0 Å². The predicted molar refractivity (Wildman–Crippen MR) is 104 cm³/mol. The minimum Gasteiger partial charge on any atom is -0.454 e. The van der Waals surface area contributed by atoms with Crippen LogP contribution in [0.4, 0.5) is 5.69 Å². The molecule has 0 saturated heterocycles. The molecule has 0 fully saturated rings. The van der Waals surface area contributed by atoms with Crippen LogP contribution in [0.15, 0.2) is 48.5 Å². The molecule has 9 heteroatoms. The van der Waals surface area contributed by atoms with E-state index >= 15 is 0 Å². The number of ether oxygens (including phenoxy) is 3. The van der Waals surface area contributed by atoms with E-state index in [0.29, 0.717) is 30.4 Å². The second kappa shape index (κ2) is 8.94. The first kappa shape index (κ1) is 20.0. The van der Waals surface area contributed by atoms with Crippen LogP contribution in [0.1, 0.15) is 5.56 Å². The molecule has 0 radical (unpaired) electrons. The number of anilines is 1. The van der Waals surface area contributed by atoms with Gasteiger partial charge in [0, 0.05) is 12.6 Å². The lowest BCUT2D eigenvalue weighted by Crippen LogP contribution is -2.41. The van der Waals surface area contributed by atoms with Gasteiger partial charge in [-0.3, -0.25) is 9.10 Å². The van der Waals surface area contributed by atoms with Crippen LogP contribution in [-0.2, 0) is 26.2 Å². The van der Waals surface area contributed by atoms with Crippen LogP contribution in [0.25, 0.3) is 0 Å². The molecule has 2 aromatic rings. The highest BCUT2D eigenvalue weighted by atomic mass is 32.2. The minimum atomic E-state index is -3.66. The summed E-state index contributed by atoms with van der Waals surface area (Å²) in [5.74, 6) is 0.560. The van der Waals surface area contributed by atoms with Crippen LogP contribution >= 0.6 is 0 Å². The zero-order valence-corrected chi connectivity index (χ0v) is 16.3. The Morgan fingerprint density at radius 3 is 2.64 bits per heavy atom. The molecule has 1 heterocycles. The van der Waals surface area contributed by atoms with Gasteiger partial charge >= 0.3 is 0 Å². The Kier molecular flexibility index (Phi) is 6.37. The second-order valence-corrected chi connectivity index (χ2v) is 8.10. The fourth-order valence-electron chi connectivity index (χ4n) is 2.65. The second-order valence-electron chi connectivity index (χ2n) is 6.20. The standard InChI is InChI=1S/C19H22N2O6S/c1-28(23,24)21(16-7-8-17-18(11-16)27-14-26-17)12-19(22)20-9-10-25-13-15-5-3-2-4-6-15/h2-8,11H,9-10,12-14H2,1H3,(H,20,22). The maximum Gasteiger partial charge on any atom is 0.240 e. The molecule has 0 saturated carbocycles. The third-order valence-corrected chi connectivity index (χ3v) is 5.15. The Hall–Kier alpha value is -2.78. The number of sulfonamides is 1. The molecule has 0 aliphatic carbocycles.